The normalized spacial score (nSPS) is 19.6. The van der Waals surface area contributed by atoms with Crippen molar-refractivity contribution in [2.45, 2.75) is 12.6 Å². The molecule has 5 rings (SSSR count). The van der Waals surface area contributed by atoms with Crippen LogP contribution in [0.15, 0.2) is 88.9 Å². The smallest absolute Gasteiger partial charge is 0.295 e. The van der Waals surface area contributed by atoms with Gasteiger partial charge in [-0.3, -0.25) is 14.5 Å². The number of ketones is 1. The van der Waals surface area contributed by atoms with E-state index in [1.165, 1.54) is 0 Å². The van der Waals surface area contributed by atoms with E-state index in [9.17, 15) is 14.7 Å². The molecule has 196 valence electrons. The summed E-state index contributed by atoms with van der Waals surface area (Å²) in [6.07, 6.45) is 0. The Balaban J connectivity index is 1.44. The lowest BCUT2D eigenvalue weighted by Crippen LogP contribution is -2.42. The van der Waals surface area contributed by atoms with Crippen molar-refractivity contribution in [1.82, 2.24) is 9.80 Å². The number of benzene rings is 3. The van der Waals surface area contributed by atoms with E-state index in [4.69, 9.17) is 9.47 Å². The number of hydrogen-bond acceptors (Lipinski definition) is 6. The van der Waals surface area contributed by atoms with Crippen LogP contribution in [-0.4, -0.2) is 66.0 Å². The summed E-state index contributed by atoms with van der Waals surface area (Å²) in [7, 11) is 0. The Bertz CT molecular complexity index is 1300. The van der Waals surface area contributed by atoms with Crippen molar-refractivity contribution in [3.63, 3.8) is 0 Å². The molecule has 8 heteroatoms. The molecule has 2 aliphatic heterocycles. The summed E-state index contributed by atoms with van der Waals surface area (Å²) in [6, 6.07) is 23.6. The van der Waals surface area contributed by atoms with Gasteiger partial charge in [-0.1, -0.05) is 70.5 Å². The third-order valence-electron chi connectivity index (χ3n) is 6.86. The van der Waals surface area contributed by atoms with Crippen molar-refractivity contribution in [3.05, 3.63) is 106 Å². The largest absolute Gasteiger partial charge is 0.507 e. The van der Waals surface area contributed by atoms with E-state index in [0.29, 0.717) is 44.2 Å². The average Bonchev–Trinajstić information content (AvgIpc) is 3.21. The standard InChI is InChI=1S/C30H29BrN2O5/c31-24-10-6-23(7-11-24)28(34)26-27(33(30(36)29(26)35)15-14-32-16-18-37-19-17-32)22-8-12-25(13-9-22)38-20-21-4-2-1-3-5-21/h1-13,27,34H,14-20H2/b28-26+. The first-order valence-electron chi connectivity index (χ1n) is 12.6. The molecule has 38 heavy (non-hydrogen) atoms. The maximum absolute atomic E-state index is 13.3. The molecule has 2 aliphatic rings. The minimum Gasteiger partial charge on any atom is -0.507 e. The fourth-order valence-electron chi connectivity index (χ4n) is 4.78. The second-order valence-electron chi connectivity index (χ2n) is 9.30. The van der Waals surface area contributed by atoms with Crippen LogP contribution in [0.2, 0.25) is 0 Å². The monoisotopic (exact) mass is 576 g/mol. The number of aliphatic hydroxyl groups excluding tert-OH is 1. The number of Topliss-reactive ketones (excluding diaryl/α,β-unsaturated/α-hetero) is 1. The number of morpholine rings is 1. The molecule has 2 heterocycles. The lowest BCUT2D eigenvalue weighted by atomic mass is 9.95. The number of halogens is 1. The molecule has 0 radical (unpaired) electrons. The van der Waals surface area contributed by atoms with Gasteiger partial charge in [0.2, 0.25) is 0 Å². The van der Waals surface area contributed by atoms with Crippen LogP contribution in [0.4, 0.5) is 0 Å². The first-order valence-corrected chi connectivity index (χ1v) is 13.4. The van der Waals surface area contributed by atoms with Crippen LogP contribution in [0.3, 0.4) is 0 Å². The highest BCUT2D eigenvalue weighted by Crippen LogP contribution is 2.40. The third kappa shape index (κ3) is 5.83. The van der Waals surface area contributed by atoms with Crippen LogP contribution in [0.5, 0.6) is 5.75 Å². The predicted octanol–water partition coefficient (Wildman–Crippen LogP) is 4.78. The summed E-state index contributed by atoms with van der Waals surface area (Å²) in [5.41, 5.74) is 2.36. The zero-order valence-electron chi connectivity index (χ0n) is 20.9. The maximum Gasteiger partial charge on any atom is 0.295 e. The van der Waals surface area contributed by atoms with Gasteiger partial charge in [0, 0.05) is 36.2 Å². The summed E-state index contributed by atoms with van der Waals surface area (Å²) < 4.78 is 12.2. The Morgan fingerprint density at radius 3 is 2.29 bits per heavy atom. The van der Waals surface area contributed by atoms with E-state index in [1.54, 1.807) is 29.2 Å². The maximum atomic E-state index is 13.3. The van der Waals surface area contributed by atoms with Crippen LogP contribution in [-0.2, 0) is 20.9 Å². The summed E-state index contributed by atoms with van der Waals surface area (Å²) in [5, 5.41) is 11.2. The van der Waals surface area contributed by atoms with Gasteiger partial charge in [-0.15, -0.1) is 0 Å². The molecule has 0 bridgehead atoms. The molecule has 0 aromatic heterocycles. The number of likely N-dealkylation sites (tertiary alicyclic amines) is 1. The van der Waals surface area contributed by atoms with E-state index < -0.39 is 17.7 Å². The molecule has 1 amide bonds. The number of aliphatic hydroxyl groups is 1. The van der Waals surface area contributed by atoms with Crippen molar-refractivity contribution in [2.24, 2.45) is 0 Å². The molecule has 1 N–H and O–H groups in total. The van der Waals surface area contributed by atoms with Crippen LogP contribution < -0.4 is 4.74 Å². The van der Waals surface area contributed by atoms with Crippen LogP contribution in [0, 0.1) is 0 Å². The lowest BCUT2D eigenvalue weighted by Gasteiger charge is -2.31. The second-order valence-corrected chi connectivity index (χ2v) is 10.2. The lowest BCUT2D eigenvalue weighted by molar-refractivity contribution is -0.140. The SMILES string of the molecule is O=C1C(=O)N(CCN2CCOCC2)C(c2ccc(OCc3ccccc3)cc2)/C1=C(\O)c1ccc(Br)cc1. The zero-order chi connectivity index (χ0) is 26.5. The second kappa shape index (κ2) is 11.9. The van der Waals surface area contributed by atoms with E-state index in [2.05, 4.69) is 20.8 Å². The molecule has 3 aromatic rings. The Hall–Kier alpha value is -3.46. The first-order chi connectivity index (χ1) is 18.5. The quantitative estimate of drug-likeness (QED) is 0.236. The third-order valence-corrected chi connectivity index (χ3v) is 7.39. The Morgan fingerprint density at radius 2 is 1.61 bits per heavy atom. The van der Waals surface area contributed by atoms with Gasteiger partial charge in [0.15, 0.2) is 0 Å². The number of carbonyl (C=O) groups excluding carboxylic acids is 2. The average molecular weight is 577 g/mol. The number of rotatable bonds is 8. The molecule has 2 fully saturated rings. The Kier molecular flexibility index (Phi) is 8.22. The van der Waals surface area contributed by atoms with Crippen LogP contribution in [0.1, 0.15) is 22.7 Å². The van der Waals surface area contributed by atoms with Gasteiger partial charge in [-0.25, -0.2) is 0 Å². The van der Waals surface area contributed by atoms with Crippen LogP contribution >= 0.6 is 15.9 Å². The molecule has 0 aliphatic carbocycles. The number of hydrogen-bond donors (Lipinski definition) is 1. The van der Waals surface area contributed by atoms with Crippen molar-refractivity contribution in [2.75, 3.05) is 39.4 Å². The summed E-state index contributed by atoms with van der Waals surface area (Å²) in [5.74, 6) is -0.789. The number of nitrogens with zero attached hydrogens (tertiary/aromatic N) is 2. The van der Waals surface area contributed by atoms with E-state index in [0.717, 1.165) is 28.7 Å². The number of carbonyl (C=O) groups is 2. The van der Waals surface area contributed by atoms with Gasteiger partial charge < -0.3 is 19.5 Å². The molecular formula is C30H29BrN2O5. The summed E-state index contributed by atoms with van der Waals surface area (Å²) in [6.45, 7) is 4.26. The molecule has 0 spiro atoms. The Morgan fingerprint density at radius 1 is 0.921 bits per heavy atom. The minimum atomic E-state index is -0.706. The Labute approximate surface area is 230 Å². The fraction of sp³-hybridized carbons (Fsp3) is 0.267. The fourth-order valence-corrected chi connectivity index (χ4v) is 5.05. The van der Waals surface area contributed by atoms with Crippen molar-refractivity contribution >= 4 is 33.4 Å². The number of amides is 1. The van der Waals surface area contributed by atoms with Gasteiger partial charge in [-0.05, 0) is 35.4 Å². The predicted molar refractivity (Wildman–Crippen MR) is 148 cm³/mol. The first kappa shape index (κ1) is 26.2. The topological polar surface area (TPSA) is 79.3 Å². The summed E-state index contributed by atoms with van der Waals surface area (Å²) >= 11 is 3.40. The zero-order valence-corrected chi connectivity index (χ0v) is 22.5. The highest BCUT2D eigenvalue weighted by molar-refractivity contribution is 9.10. The van der Waals surface area contributed by atoms with E-state index in [-0.39, 0.29) is 11.3 Å². The van der Waals surface area contributed by atoms with E-state index in [1.807, 2.05) is 54.6 Å². The van der Waals surface area contributed by atoms with Crippen molar-refractivity contribution < 1.29 is 24.2 Å². The highest BCUT2D eigenvalue weighted by Gasteiger charge is 2.46. The van der Waals surface area contributed by atoms with Gasteiger partial charge in [0.1, 0.15) is 18.1 Å². The molecule has 1 unspecified atom stereocenters. The molecule has 0 saturated carbocycles. The number of ether oxygens (including phenoxy) is 2. The van der Waals surface area contributed by atoms with Gasteiger partial charge in [0.05, 0.1) is 24.8 Å². The molecular weight excluding hydrogens is 548 g/mol. The molecule has 2 saturated heterocycles. The highest BCUT2D eigenvalue weighted by atomic mass is 79.9. The molecule has 3 aromatic carbocycles. The molecule has 1 atom stereocenters. The van der Waals surface area contributed by atoms with Crippen molar-refractivity contribution in [3.8, 4) is 5.75 Å². The molecule has 7 nitrogen and oxygen atoms in total. The van der Waals surface area contributed by atoms with Gasteiger partial charge in [0.25, 0.3) is 11.7 Å². The van der Waals surface area contributed by atoms with Gasteiger partial charge in [-0.2, -0.15) is 0 Å². The van der Waals surface area contributed by atoms with E-state index >= 15 is 0 Å². The van der Waals surface area contributed by atoms with Gasteiger partial charge >= 0.3 is 0 Å². The minimum absolute atomic E-state index is 0.0947. The summed E-state index contributed by atoms with van der Waals surface area (Å²) in [4.78, 5) is 30.3. The van der Waals surface area contributed by atoms with Crippen molar-refractivity contribution in [1.29, 1.82) is 0 Å². The van der Waals surface area contributed by atoms with Crippen LogP contribution in [0.25, 0.3) is 5.76 Å².